The summed E-state index contributed by atoms with van der Waals surface area (Å²) in [5.41, 5.74) is 0.261. The van der Waals surface area contributed by atoms with Crippen molar-refractivity contribution < 1.29 is 14.6 Å². The normalized spacial score (nSPS) is 11.1. The minimum atomic E-state index is -0.768. The molecule has 1 aromatic rings. The molecule has 0 saturated heterocycles. The lowest BCUT2D eigenvalue weighted by Gasteiger charge is -2.26. The van der Waals surface area contributed by atoms with Crippen LogP contribution < -0.4 is 9.64 Å². The first-order valence-electron chi connectivity index (χ1n) is 5.96. The summed E-state index contributed by atoms with van der Waals surface area (Å²) in [4.78, 5) is 13.1. The van der Waals surface area contributed by atoms with Gasteiger partial charge in [-0.3, -0.25) is 4.79 Å². The van der Waals surface area contributed by atoms with Crippen molar-refractivity contribution in [3.05, 3.63) is 24.3 Å². The average Bonchev–Trinajstić information content (AvgIpc) is 2.35. The number of hydrogen-bond donors (Lipinski definition) is 1. The zero-order chi connectivity index (χ0) is 13.8. The number of carboxylic acids is 1. The van der Waals surface area contributed by atoms with E-state index in [9.17, 15) is 4.79 Å². The van der Waals surface area contributed by atoms with E-state index in [0.717, 1.165) is 11.4 Å². The third kappa shape index (κ3) is 3.39. The van der Waals surface area contributed by atoms with Gasteiger partial charge in [-0.05, 0) is 32.4 Å². The summed E-state index contributed by atoms with van der Waals surface area (Å²) in [5, 5.41) is 9.08. The first-order chi connectivity index (χ1) is 8.38. The van der Waals surface area contributed by atoms with Crippen molar-refractivity contribution in [2.75, 3.05) is 25.6 Å². The van der Waals surface area contributed by atoms with Crippen LogP contribution in [0.2, 0.25) is 0 Å². The Bertz CT molecular complexity index is 415. The Balaban J connectivity index is 2.71. The molecule has 0 heterocycles. The lowest BCUT2D eigenvalue weighted by Crippen LogP contribution is -2.30. The van der Waals surface area contributed by atoms with Crippen molar-refractivity contribution in [3.8, 4) is 5.75 Å². The largest absolute Gasteiger partial charge is 0.495 e. The van der Waals surface area contributed by atoms with Crippen LogP contribution in [0.1, 0.15) is 20.3 Å². The van der Waals surface area contributed by atoms with Gasteiger partial charge in [0.15, 0.2) is 0 Å². The van der Waals surface area contributed by atoms with Crippen molar-refractivity contribution in [1.82, 2.24) is 0 Å². The molecule has 100 valence electrons. The maximum absolute atomic E-state index is 11.0. The molecule has 0 aliphatic heterocycles. The van der Waals surface area contributed by atoms with Gasteiger partial charge in [-0.2, -0.15) is 0 Å². The molecule has 18 heavy (non-hydrogen) atoms. The quantitative estimate of drug-likeness (QED) is 0.844. The second-order valence-corrected chi connectivity index (χ2v) is 5.03. The number of nitrogens with zero attached hydrogens (tertiary/aromatic N) is 1. The van der Waals surface area contributed by atoms with E-state index in [-0.39, 0.29) is 0 Å². The van der Waals surface area contributed by atoms with Crippen LogP contribution in [0.4, 0.5) is 5.69 Å². The van der Waals surface area contributed by atoms with Gasteiger partial charge in [-0.1, -0.05) is 12.1 Å². The molecule has 0 aromatic heterocycles. The molecule has 0 unspecified atom stereocenters. The van der Waals surface area contributed by atoms with Crippen molar-refractivity contribution in [2.45, 2.75) is 20.3 Å². The van der Waals surface area contributed by atoms with Gasteiger partial charge in [0.05, 0.1) is 18.2 Å². The molecule has 0 spiro atoms. The fraction of sp³-hybridized carbons (Fsp3) is 0.500. The molecule has 1 rings (SSSR count). The number of benzene rings is 1. The van der Waals surface area contributed by atoms with E-state index in [1.54, 1.807) is 21.0 Å². The zero-order valence-corrected chi connectivity index (χ0v) is 11.4. The van der Waals surface area contributed by atoms with Gasteiger partial charge in [0, 0.05) is 13.6 Å². The van der Waals surface area contributed by atoms with Crippen LogP contribution in [0, 0.1) is 5.41 Å². The summed E-state index contributed by atoms with van der Waals surface area (Å²) < 4.78 is 5.29. The van der Waals surface area contributed by atoms with E-state index in [1.807, 2.05) is 36.2 Å². The highest BCUT2D eigenvalue weighted by Crippen LogP contribution is 2.28. The maximum atomic E-state index is 11.0. The fourth-order valence-corrected chi connectivity index (χ4v) is 1.62. The first-order valence-corrected chi connectivity index (χ1v) is 5.96. The number of methoxy groups -OCH3 is 1. The predicted molar refractivity (Wildman–Crippen MR) is 72.3 cm³/mol. The van der Waals surface area contributed by atoms with E-state index >= 15 is 0 Å². The second-order valence-electron chi connectivity index (χ2n) is 5.03. The molecule has 0 fully saturated rings. The molecule has 1 aromatic carbocycles. The number of hydrogen-bond acceptors (Lipinski definition) is 3. The van der Waals surface area contributed by atoms with Gasteiger partial charge in [0.2, 0.25) is 0 Å². The van der Waals surface area contributed by atoms with Crippen LogP contribution in [0.3, 0.4) is 0 Å². The van der Waals surface area contributed by atoms with Crippen LogP contribution in [-0.2, 0) is 4.79 Å². The Labute approximate surface area is 108 Å². The highest BCUT2D eigenvalue weighted by molar-refractivity contribution is 5.73. The number of carbonyl (C=O) groups is 1. The fourth-order valence-electron chi connectivity index (χ4n) is 1.62. The number of aliphatic carboxylic acids is 1. The molecular formula is C14H21NO3. The predicted octanol–water partition coefficient (Wildman–Crippen LogP) is 2.63. The lowest BCUT2D eigenvalue weighted by atomic mass is 9.89. The number of carboxylic acid groups (broad SMARTS) is 1. The molecule has 4 nitrogen and oxygen atoms in total. The Kier molecular flexibility index (Phi) is 4.59. The minimum absolute atomic E-state index is 0.580. The van der Waals surface area contributed by atoms with Crippen LogP contribution in [0.15, 0.2) is 24.3 Å². The summed E-state index contributed by atoms with van der Waals surface area (Å²) >= 11 is 0. The molecule has 4 heteroatoms. The molecule has 1 N–H and O–H groups in total. The van der Waals surface area contributed by atoms with Crippen molar-refractivity contribution in [1.29, 1.82) is 0 Å². The van der Waals surface area contributed by atoms with Gasteiger partial charge in [-0.25, -0.2) is 0 Å². The maximum Gasteiger partial charge on any atom is 0.309 e. The van der Waals surface area contributed by atoms with Crippen molar-refractivity contribution in [2.24, 2.45) is 5.41 Å². The van der Waals surface area contributed by atoms with Crippen LogP contribution in [0.25, 0.3) is 0 Å². The van der Waals surface area contributed by atoms with E-state index in [2.05, 4.69) is 0 Å². The second kappa shape index (κ2) is 5.76. The molecule has 0 atom stereocenters. The van der Waals surface area contributed by atoms with Gasteiger partial charge in [0.1, 0.15) is 5.75 Å². The smallest absolute Gasteiger partial charge is 0.309 e. The Morgan fingerprint density at radius 3 is 2.56 bits per heavy atom. The third-order valence-corrected chi connectivity index (χ3v) is 3.15. The Morgan fingerprint density at radius 2 is 2.00 bits per heavy atom. The number of rotatable bonds is 6. The summed E-state index contributed by atoms with van der Waals surface area (Å²) in [6.45, 7) is 4.15. The average molecular weight is 251 g/mol. The Morgan fingerprint density at radius 1 is 1.39 bits per heavy atom. The molecule has 0 amide bonds. The zero-order valence-electron chi connectivity index (χ0n) is 11.4. The summed E-state index contributed by atoms with van der Waals surface area (Å²) in [6.07, 6.45) is 0.580. The van der Waals surface area contributed by atoms with Gasteiger partial charge in [-0.15, -0.1) is 0 Å². The first kappa shape index (κ1) is 14.4. The van der Waals surface area contributed by atoms with E-state index in [0.29, 0.717) is 13.0 Å². The van der Waals surface area contributed by atoms with E-state index in [4.69, 9.17) is 9.84 Å². The number of anilines is 1. The molecule has 0 saturated carbocycles. The lowest BCUT2D eigenvalue weighted by molar-refractivity contribution is -0.147. The monoisotopic (exact) mass is 251 g/mol. The van der Waals surface area contributed by atoms with E-state index in [1.165, 1.54) is 0 Å². The molecule has 0 radical (unpaired) electrons. The molecule has 0 aliphatic rings. The number of para-hydroxylation sites is 2. The summed E-state index contributed by atoms with van der Waals surface area (Å²) in [5.74, 6) is 0.0315. The van der Waals surface area contributed by atoms with Gasteiger partial charge < -0.3 is 14.7 Å². The third-order valence-electron chi connectivity index (χ3n) is 3.15. The topological polar surface area (TPSA) is 49.8 Å². The van der Waals surface area contributed by atoms with Crippen LogP contribution in [0.5, 0.6) is 5.75 Å². The van der Waals surface area contributed by atoms with E-state index < -0.39 is 11.4 Å². The van der Waals surface area contributed by atoms with Gasteiger partial charge >= 0.3 is 5.97 Å². The van der Waals surface area contributed by atoms with Crippen LogP contribution >= 0.6 is 0 Å². The highest BCUT2D eigenvalue weighted by atomic mass is 16.5. The van der Waals surface area contributed by atoms with Crippen LogP contribution in [-0.4, -0.2) is 31.8 Å². The van der Waals surface area contributed by atoms with Gasteiger partial charge in [0.25, 0.3) is 0 Å². The number of ether oxygens (including phenoxy) is 1. The molecule has 0 bridgehead atoms. The minimum Gasteiger partial charge on any atom is -0.495 e. The Hall–Kier alpha value is -1.71. The standard InChI is InChI=1S/C14H21NO3/c1-14(2,13(16)17)9-10-15(3)11-7-5-6-8-12(11)18-4/h5-8H,9-10H2,1-4H3,(H,16,17). The van der Waals surface area contributed by atoms with Crippen molar-refractivity contribution in [3.63, 3.8) is 0 Å². The summed E-state index contributed by atoms with van der Waals surface area (Å²) in [7, 11) is 3.57. The molecular weight excluding hydrogens is 230 g/mol. The van der Waals surface area contributed by atoms with Crippen molar-refractivity contribution >= 4 is 11.7 Å². The summed E-state index contributed by atoms with van der Waals surface area (Å²) in [6, 6.07) is 7.72. The SMILES string of the molecule is COc1ccccc1N(C)CCC(C)(C)C(=O)O. The molecule has 0 aliphatic carbocycles. The highest BCUT2D eigenvalue weighted by Gasteiger charge is 2.27.